The van der Waals surface area contributed by atoms with Crippen molar-refractivity contribution in [2.24, 2.45) is 0 Å². The first-order valence-corrected chi connectivity index (χ1v) is 12.7. The number of rotatable bonds is 4. The van der Waals surface area contributed by atoms with Gasteiger partial charge >= 0.3 is 12.4 Å². The second-order valence-corrected chi connectivity index (χ2v) is 10.4. The number of halogens is 6. The van der Waals surface area contributed by atoms with Crippen LogP contribution in [0.15, 0.2) is 48.8 Å². The average Bonchev–Trinajstić information content (AvgIpc) is 3.28. The number of carbonyl (C=O) groups excluding carboxylic acids is 2. The number of aromatic nitrogens is 2. The Morgan fingerprint density at radius 2 is 1.81 bits per heavy atom. The Balaban J connectivity index is 1.79. The number of carbonyl (C=O) groups is 1. The van der Waals surface area contributed by atoms with Gasteiger partial charge in [-0.05, 0) is 42.9 Å². The van der Waals surface area contributed by atoms with Crippen molar-refractivity contribution in [2.75, 3.05) is 18.6 Å². The van der Waals surface area contributed by atoms with Crippen LogP contribution < -0.4 is 15.9 Å². The van der Waals surface area contributed by atoms with E-state index >= 15 is 0 Å². The van der Waals surface area contributed by atoms with Gasteiger partial charge in [0.25, 0.3) is 5.91 Å². The largest absolute Gasteiger partial charge is 0.434 e. The number of alkyl halides is 6. The lowest BCUT2D eigenvalue weighted by atomic mass is 10.0. The summed E-state index contributed by atoms with van der Waals surface area (Å²) in [5.41, 5.74) is -3.17. The Morgan fingerprint density at radius 3 is 2.43 bits per heavy atom. The van der Waals surface area contributed by atoms with Crippen molar-refractivity contribution in [3.8, 4) is 5.69 Å². The second-order valence-electron chi connectivity index (χ2n) is 8.09. The lowest BCUT2D eigenvalue weighted by Crippen LogP contribution is -2.23. The fourth-order valence-corrected chi connectivity index (χ4v) is 4.95. The first-order chi connectivity index (χ1) is 17.3. The SMILES string of the molecule is CP(C)c1ccc(NC(=O)c2cnn(-c3cccc4c3C=CNC4=C=O)c2C(F)(F)F)cc1C(F)(F)F. The van der Waals surface area contributed by atoms with Gasteiger partial charge in [0, 0.05) is 23.0 Å². The minimum Gasteiger partial charge on any atom is -0.352 e. The molecule has 192 valence electrons. The maximum Gasteiger partial charge on any atom is 0.434 e. The van der Waals surface area contributed by atoms with Gasteiger partial charge in [0.05, 0.1) is 23.0 Å². The molecule has 13 heteroatoms. The second kappa shape index (κ2) is 9.53. The Kier molecular flexibility index (Phi) is 6.75. The third kappa shape index (κ3) is 5.03. The Hall–Kier alpha value is -3.88. The predicted octanol–water partition coefficient (Wildman–Crippen LogP) is 5.28. The number of hydrogen-bond donors (Lipinski definition) is 2. The molecule has 3 aromatic rings. The van der Waals surface area contributed by atoms with Crippen LogP contribution >= 0.6 is 7.92 Å². The molecule has 0 fully saturated rings. The van der Waals surface area contributed by atoms with Gasteiger partial charge in [-0.15, -0.1) is 0 Å². The molecule has 0 saturated heterocycles. The number of anilines is 1. The summed E-state index contributed by atoms with van der Waals surface area (Å²) in [6, 6.07) is 7.34. The molecule has 0 saturated carbocycles. The molecule has 0 radical (unpaired) electrons. The summed E-state index contributed by atoms with van der Waals surface area (Å²) in [7, 11) is -1.14. The minimum atomic E-state index is -5.06. The number of nitrogens with zero attached hydrogens (tertiary/aromatic N) is 2. The number of benzene rings is 2. The fourth-order valence-electron chi connectivity index (χ4n) is 3.90. The maximum absolute atomic E-state index is 14.2. The predicted molar refractivity (Wildman–Crippen MR) is 128 cm³/mol. The monoisotopic (exact) mass is 538 g/mol. The standard InChI is InChI=1S/C24H17F6N4O2P/c1-37(2)20-7-6-13(10-17(20)23(25,26)27)33-22(36)16-11-32-34(21(16)24(28,29)30)19-5-3-4-14-15(19)8-9-31-18(14)12-35/h3-11,31H,1-2H3,(H,33,36). The molecule has 0 atom stereocenters. The van der Waals surface area contributed by atoms with Gasteiger partial charge in [0.2, 0.25) is 0 Å². The molecule has 0 unspecified atom stereocenters. The van der Waals surface area contributed by atoms with Crippen molar-refractivity contribution in [1.82, 2.24) is 15.1 Å². The number of hydrogen-bond acceptors (Lipinski definition) is 4. The quantitative estimate of drug-likeness (QED) is 0.270. The van der Waals surface area contributed by atoms with Gasteiger partial charge in [0.1, 0.15) is 5.70 Å². The van der Waals surface area contributed by atoms with E-state index in [1.807, 2.05) is 0 Å². The van der Waals surface area contributed by atoms with Gasteiger partial charge in [-0.2, -0.15) is 31.4 Å². The highest BCUT2D eigenvalue weighted by atomic mass is 31.1. The van der Waals surface area contributed by atoms with E-state index in [-0.39, 0.29) is 33.5 Å². The van der Waals surface area contributed by atoms with Crippen LogP contribution in [0.1, 0.15) is 32.7 Å². The first-order valence-electron chi connectivity index (χ1n) is 10.5. The first kappa shape index (κ1) is 26.2. The van der Waals surface area contributed by atoms with Crippen LogP contribution in [0.4, 0.5) is 32.0 Å². The van der Waals surface area contributed by atoms with E-state index < -0.39 is 43.0 Å². The van der Waals surface area contributed by atoms with Gasteiger partial charge < -0.3 is 10.6 Å². The molecule has 37 heavy (non-hydrogen) atoms. The van der Waals surface area contributed by atoms with E-state index in [0.717, 1.165) is 0 Å². The smallest absolute Gasteiger partial charge is 0.352 e. The van der Waals surface area contributed by atoms with Crippen LogP contribution in [0.25, 0.3) is 17.5 Å². The number of amides is 1. The summed E-state index contributed by atoms with van der Waals surface area (Å²) in [4.78, 5) is 24.1. The third-order valence-corrected chi connectivity index (χ3v) is 6.84. The number of nitrogens with one attached hydrogen (secondary N) is 2. The van der Waals surface area contributed by atoms with Gasteiger partial charge in [0.15, 0.2) is 11.6 Å². The summed E-state index contributed by atoms with van der Waals surface area (Å²) < 4.78 is 83.7. The Labute approximate surface area is 207 Å². The maximum atomic E-state index is 14.2. The molecule has 0 spiro atoms. The molecule has 4 rings (SSSR count). The molecular weight excluding hydrogens is 521 g/mol. The molecule has 2 N–H and O–H groups in total. The van der Waals surface area contributed by atoms with E-state index in [0.29, 0.717) is 16.9 Å². The molecule has 2 aromatic carbocycles. The summed E-state index contributed by atoms with van der Waals surface area (Å²) in [5, 5.41) is 8.58. The van der Waals surface area contributed by atoms with E-state index in [4.69, 9.17) is 0 Å². The van der Waals surface area contributed by atoms with Crippen molar-refractivity contribution in [3.63, 3.8) is 0 Å². The van der Waals surface area contributed by atoms with Crippen LogP contribution in [0.2, 0.25) is 0 Å². The van der Waals surface area contributed by atoms with Crippen molar-refractivity contribution >= 4 is 42.5 Å². The lowest BCUT2D eigenvalue weighted by molar-refractivity contribution is -0.143. The zero-order valence-electron chi connectivity index (χ0n) is 19.1. The van der Waals surface area contributed by atoms with E-state index in [9.17, 15) is 35.9 Å². The minimum absolute atomic E-state index is 0.00442. The highest BCUT2D eigenvalue weighted by Crippen LogP contribution is 2.38. The van der Waals surface area contributed by atoms with Crippen molar-refractivity contribution in [3.05, 3.63) is 76.7 Å². The van der Waals surface area contributed by atoms with Crippen LogP contribution in [0.5, 0.6) is 0 Å². The Morgan fingerprint density at radius 1 is 1.08 bits per heavy atom. The lowest BCUT2D eigenvalue weighted by Gasteiger charge is -2.19. The molecule has 1 aliphatic rings. The summed E-state index contributed by atoms with van der Waals surface area (Å²) in [6.07, 6.45) is -6.31. The highest BCUT2D eigenvalue weighted by molar-refractivity contribution is 7.64. The van der Waals surface area contributed by atoms with Crippen LogP contribution in [0.3, 0.4) is 0 Å². The summed E-state index contributed by atoms with van der Waals surface area (Å²) >= 11 is 0. The Bertz CT molecular complexity index is 1470. The molecule has 0 bridgehead atoms. The van der Waals surface area contributed by atoms with E-state index in [2.05, 4.69) is 15.7 Å². The average molecular weight is 538 g/mol. The summed E-state index contributed by atoms with van der Waals surface area (Å²) in [6.45, 7) is 3.26. The molecular formula is C24H17F6N4O2P. The topological polar surface area (TPSA) is 76.0 Å². The summed E-state index contributed by atoms with van der Waals surface area (Å²) in [5.74, 6) is 0.383. The van der Waals surface area contributed by atoms with Crippen LogP contribution in [-0.4, -0.2) is 35.0 Å². The van der Waals surface area contributed by atoms with Gasteiger partial charge in [-0.25, -0.2) is 9.48 Å². The normalized spacial score (nSPS) is 13.3. The van der Waals surface area contributed by atoms with E-state index in [1.165, 1.54) is 42.6 Å². The van der Waals surface area contributed by atoms with Crippen molar-refractivity contribution in [1.29, 1.82) is 0 Å². The molecule has 2 heterocycles. The van der Waals surface area contributed by atoms with Crippen LogP contribution in [-0.2, 0) is 17.1 Å². The fraction of sp³-hybridized carbons (Fsp3) is 0.167. The van der Waals surface area contributed by atoms with Crippen LogP contribution in [0, 0.1) is 0 Å². The zero-order chi connectivity index (χ0) is 27.1. The molecule has 1 aromatic heterocycles. The third-order valence-electron chi connectivity index (χ3n) is 5.48. The van der Waals surface area contributed by atoms with Crippen molar-refractivity contribution in [2.45, 2.75) is 12.4 Å². The van der Waals surface area contributed by atoms with Crippen molar-refractivity contribution < 1.29 is 35.9 Å². The van der Waals surface area contributed by atoms with E-state index in [1.54, 1.807) is 19.3 Å². The molecule has 6 nitrogen and oxygen atoms in total. The number of fused-ring (bicyclic) bond motifs is 1. The molecule has 1 aliphatic heterocycles. The zero-order valence-corrected chi connectivity index (χ0v) is 20.0. The molecule has 0 aliphatic carbocycles. The highest BCUT2D eigenvalue weighted by Gasteiger charge is 2.41. The molecule has 1 amide bonds. The van der Waals surface area contributed by atoms with Gasteiger partial charge in [-0.1, -0.05) is 26.1 Å². The van der Waals surface area contributed by atoms with Gasteiger partial charge in [-0.3, -0.25) is 4.79 Å².